The first kappa shape index (κ1) is 16.7. The summed E-state index contributed by atoms with van der Waals surface area (Å²) in [5.41, 5.74) is -1.87. The Hall–Kier alpha value is -1.27. The number of carboxylic acids is 1. The van der Waals surface area contributed by atoms with Gasteiger partial charge >= 0.3 is 18.1 Å². The van der Waals surface area contributed by atoms with E-state index in [1.54, 1.807) is 0 Å². The Morgan fingerprint density at radius 2 is 1.72 bits per heavy atom. The van der Waals surface area contributed by atoms with Crippen molar-refractivity contribution in [3.8, 4) is 0 Å². The lowest BCUT2D eigenvalue weighted by Gasteiger charge is -2.25. The minimum Gasteiger partial charge on any atom is -0.480 e. The van der Waals surface area contributed by atoms with E-state index in [0.29, 0.717) is 0 Å². The van der Waals surface area contributed by atoms with Gasteiger partial charge in [-0.1, -0.05) is 6.92 Å². The minimum absolute atomic E-state index is 0.00681. The lowest BCUT2D eigenvalue weighted by Crippen LogP contribution is -2.40. The maximum absolute atomic E-state index is 12.0. The monoisotopic (exact) mass is 270 g/mol. The molecule has 0 aromatic carbocycles. The van der Waals surface area contributed by atoms with Crippen LogP contribution in [0.25, 0.3) is 0 Å². The summed E-state index contributed by atoms with van der Waals surface area (Å²) in [6, 6.07) is 0. The Kier molecular flexibility index (Phi) is 6.14. The van der Waals surface area contributed by atoms with E-state index in [9.17, 15) is 22.8 Å². The fourth-order valence-corrected chi connectivity index (χ4v) is 1.63. The summed E-state index contributed by atoms with van der Waals surface area (Å²) >= 11 is 0. The van der Waals surface area contributed by atoms with E-state index >= 15 is 0 Å². The molecule has 0 saturated heterocycles. The van der Waals surface area contributed by atoms with Crippen molar-refractivity contribution in [3.63, 3.8) is 0 Å². The van der Waals surface area contributed by atoms with Gasteiger partial charge in [0.2, 0.25) is 0 Å². The molecule has 0 aliphatic heterocycles. The second kappa shape index (κ2) is 6.61. The molecule has 0 heterocycles. The Bertz CT molecular complexity index is 301. The van der Waals surface area contributed by atoms with Gasteiger partial charge in [0.1, 0.15) is 0 Å². The van der Waals surface area contributed by atoms with E-state index in [0.717, 1.165) is 0 Å². The third-order valence-electron chi connectivity index (χ3n) is 2.74. The maximum atomic E-state index is 12.0. The van der Waals surface area contributed by atoms with Crippen LogP contribution in [0.1, 0.15) is 39.5 Å². The topological polar surface area (TPSA) is 63.6 Å². The molecule has 0 aliphatic carbocycles. The number of esters is 1. The number of rotatable bonds is 7. The van der Waals surface area contributed by atoms with Gasteiger partial charge in [0, 0.05) is 6.42 Å². The molecule has 0 aromatic rings. The molecule has 0 spiro atoms. The third kappa shape index (κ3) is 4.54. The number of alkyl halides is 3. The van der Waals surface area contributed by atoms with Crippen LogP contribution in [0, 0.1) is 5.41 Å². The Labute approximate surface area is 103 Å². The highest BCUT2D eigenvalue weighted by Crippen LogP contribution is 2.33. The number of carbonyl (C=O) groups excluding carboxylic acids is 1. The summed E-state index contributed by atoms with van der Waals surface area (Å²) in [7, 11) is 0. The molecule has 0 rings (SSSR count). The molecule has 18 heavy (non-hydrogen) atoms. The molecule has 0 aliphatic rings. The zero-order chi connectivity index (χ0) is 14.4. The van der Waals surface area contributed by atoms with E-state index in [1.807, 2.05) is 0 Å². The van der Waals surface area contributed by atoms with E-state index in [1.165, 1.54) is 13.8 Å². The van der Waals surface area contributed by atoms with Crippen LogP contribution >= 0.6 is 0 Å². The molecule has 0 saturated carbocycles. The van der Waals surface area contributed by atoms with Crippen molar-refractivity contribution in [1.82, 2.24) is 0 Å². The van der Waals surface area contributed by atoms with Gasteiger partial charge in [-0.05, 0) is 26.2 Å². The van der Waals surface area contributed by atoms with Crippen molar-refractivity contribution in [2.45, 2.75) is 45.7 Å². The van der Waals surface area contributed by atoms with Crippen LogP contribution in [0.5, 0.6) is 0 Å². The first-order chi connectivity index (χ1) is 8.19. The van der Waals surface area contributed by atoms with Gasteiger partial charge in [0.15, 0.2) is 5.41 Å². The average Bonchev–Trinajstić information content (AvgIpc) is 2.22. The van der Waals surface area contributed by atoms with E-state index in [2.05, 4.69) is 4.74 Å². The van der Waals surface area contributed by atoms with Gasteiger partial charge in [-0.2, -0.15) is 13.2 Å². The highest BCUT2D eigenvalue weighted by molar-refractivity contribution is 5.99. The van der Waals surface area contributed by atoms with E-state index < -0.39 is 36.4 Å². The molecule has 4 nitrogen and oxygen atoms in total. The van der Waals surface area contributed by atoms with Crippen molar-refractivity contribution < 1.29 is 32.6 Å². The highest BCUT2D eigenvalue weighted by Gasteiger charge is 2.46. The van der Waals surface area contributed by atoms with Crippen molar-refractivity contribution in [2.75, 3.05) is 6.61 Å². The van der Waals surface area contributed by atoms with Gasteiger partial charge < -0.3 is 9.84 Å². The molecule has 0 aromatic heterocycles. The molecule has 1 N–H and O–H groups in total. The fourth-order valence-electron chi connectivity index (χ4n) is 1.63. The number of halogens is 3. The van der Waals surface area contributed by atoms with Gasteiger partial charge in [0.05, 0.1) is 6.61 Å². The smallest absolute Gasteiger partial charge is 0.389 e. The van der Waals surface area contributed by atoms with Crippen molar-refractivity contribution in [2.24, 2.45) is 5.41 Å². The van der Waals surface area contributed by atoms with Crippen LogP contribution in [0.4, 0.5) is 13.2 Å². The minimum atomic E-state index is -4.35. The standard InChI is InChI=1S/C11H17F3O4/c1-3-10(8(15)16,9(17)18-4-2)6-5-7-11(12,13)14/h3-7H2,1-2H3,(H,15,16). The Morgan fingerprint density at radius 1 is 1.17 bits per heavy atom. The summed E-state index contributed by atoms with van der Waals surface area (Å²) in [5.74, 6) is -2.41. The van der Waals surface area contributed by atoms with Crippen molar-refractivity contribution in [1.29, 1.82) is 0 Å². The number of carboxylic acid groups (broad SMARTS) is 1. The second-order valence-corrected chi connectivity index (χ2v) is 3.93. The summed E-state index contributed by atoms with van der Waals surface area (Å²) < 4.78 is 40.7. The molecular weight excluding hydrogens is 253 g/mol. The lowest BCUT2D eigenvalue weighted by atomic mass is 9.80. The first-order valence-corrected chi connectivity index (χ1v) is 5.67. The van der Waals surface area contributed by atoms with Gasteiger partial charge in [-0.3, -0.25) is 9.59 Å². The van der Waals surface area contributed by atoms with Crippen LogP contribution in [0.3, 0.4) is 0 Å². The summed E-state index contributed by atoms with van der Waals surface area (Å²) in [6.45, 7) is 2.95. The normalized spacial score (nSPS) is 14.9. The van der Waals surface area contributed by atoms with Gasteiger partial charge in [-0.25, -0.2) is 0 Å². The molecule has 0 bridgehead atoms. The molecular formula is C11H17F3O4. The number of aliphatic carboxylic acids is 1. The molecule has 7 heteroatoms. The molecule has 0 amide bonds. The zero-order valence-corrected chi connectivity index (χ0v) is 10.3. The predicted octanol–water partition coefficient (Wildman–Crippen LogP) is 2.76. The Morgan fingerprint density at radius 3 is 2.06 bits per heavy atom. The second-order valence-electron chi connectivity index (χ2n) is 3.93. The largest absolute Gasteiger partial charge is 0.480 e. The highest BCUT2D eigenvalue weighted by atomic mass is 19.4. The average molecular weight is 270 g/mol. The van der Waals surface area contributed by atoms with E-state index in [-0.39, 0.29) is 19.4 Å². The summed E-state index contributed by atoms with van der Waals surface area (Å²) in [4.78, 5) is 22.8. The van der Waals surface area contributed by atoms with Crippen LogP contribution in [-0.2, 0) is 14.3 Å². The third-order valence-corrected chi connectivity index (χ3v) is 2.74. The van der Waals surface area contributed by atoms with Gasteiger partial charge in [-0.15, -0.1) is 0 Å². The summed E-state index contributed by atoms with van der Waals surface area (Å²) in [5, 5.41) is 9.07. The quantitative estimate of drug-likeness (QED) is 0.570. The molecule has 1 unspecified atom stereocenters. The van der Waals surface area contributed by atoms with Crippen molar-refractivity contribution in [3.05, 3.63) is 0 Å². The fraction of sp³-hybridized carbons (Fsp3) is 0.818. The predicted molar refractivity (Wildman–Crippen MR) is 56.9 cm³/mol. The SMILES string of the molecule is CCOC(=O)C(CC)(CCCC(F)(F)F)C(=O)O. The van der Waals surface area contributed by atoms with Crippen LogP contribution in [0.2, 0.25) is 0 Å². The molecule has 1 atom stereocenters. The Balaban J connectivity index is 4.78. The number of hydrogen-bond acceptors (Lipinski definition) is 3. The zero-order valence-electron chi connectivity index (χ0n) is 10.3. The maximum Gasteiger partial charge on any atom is 0.389 e. The van der Waals surface area contributed by atoms with Gasteiger partial charge in [0.25, 0.3) is 0 Å². The first-order valence-electron chi connectivity index (χ1n) is 5.67. The summed E-state index contributed by atoms with van der Waals surface area (Å²) in [6.07, 6.45) is -6.35. The van der Waals surface area contributed by atoms with Crippen LogP contribution in [0.15, 0.2) is 0 Å². The molecule has 0 fully saturated rings. The molecule has 106 valence electrons. The lowest BCUT2D eigenvalue weighted by molar-refractivity contribution is -0.171. The van der Waals surface area contributed by atoms with Crippen LogP contribution < -0.4 is 0 Å². The van der Waals surface area contributed by atoms with E-state index in [4.69, 9.17) is 5.11 Å². The van der Waals surface area contributed by atoms with Crippen LogP contribution in [-0.4, -0.2) is 29.8 Å². The number of ether oxygens (including phenoxy) is 1. The number of hydrogen-bond donors (Lipinski definition) is 1. The van der Waals surface area contributed by atoms with Crippen molar-refractivity contribution >= 4 is 11.9 Å². The molecule has 0 radical (unpaired) electrons. The number of carbonyl (C=O) groups is 2.